The topological polar surface area (TPSA) is 57.3 Å². The minimum absolute atomic E-state index is 0.0423. The van der Waals surface area contributed by atoms with E-state index in [2.05, 4.69) is 0 Å². The van der Waals surface area contributed by atoms with Crippen molar-refractivity contribution in [3.8, 4) is 11.5 Å². The molecule has 90 valence electrons. The Morgan fingerprint density at radius 2 is 2.18 bits per heavy atom. The number of carbonyl (C=O) groups excluding carboxylic acids is 1. The predicted octanol–water partition coefficient (Wildman–Crippen LogP) is 1.42. The van der Waals surface area contributed by atoms with Gasteiger partial charge in [-0.1, -0.05) is 6.07 Å². The number of hydrogen-bond acceptors (Lipinski definition) is 5. The van der Waals surface area contributed by atoms with Crippen molar-refractivity contribution >= 4 is 5.97 Å². The highest BCUT2D eigenvalue weighted by atomic mass is 16.7. The van der Waals surface area contributed by atoms with Gasteiger partial charge in [0.05, 0.1) is 6.61 Å². The minimum atomic E-state index is -0.359. The van der Waals surface area contributed by atoms with Crippen LogP contribution < -0.4 is 9.47 Å². The second kappa shape index (κ2) is 3.92. The number of carbonyl (C=O) groups is 1. The molecule has 0 radical (unpaired) electrons. The summed E-state index contributed by atoms with van der Waals surface area (Å²) >= 11 is 0. The van der Waals surface area contributed by atoms with E-state index in [0.29, 0.717) is 18.1 Å². The first-order valence-corrected chi connectivity index (χ1v) is 5.42. The fourth-order valence-electron chi connectivity index (χ4n) is 1.86. The van der Waals surface area contributed by atoms with E-state index in [4.69, 9.17) is 18.9 Å². The van der Waals surface area contributed by atoms with E-state index >= 15 is 0 Å². The van der Waals surface area contributed by atoms with Crippen LogP contribution in [0.5, 0.6) is 11.5 Å². The van der Waals surface area contributed by atoms with Gasteiger partial charge in [0.15, 0.2) is 17.6 Å². The van der Waals surface area contributed by atoms with Crippen LogP contribution in [0.25, 0.3) is 0 Å². The maximum absolute atomic E-state index is 11.1. The Hall–Kier alpha value is -1.75. The van der Waals surface area contributed by atoms with Crippen molar-refractivity contribution in [1.29, 1.82) is 0 Å². The highest BCUT2D eigenvalue weighted by molar-refractivity contribution is 5.66. The van der Waals surface area contributed by atoms with E-state index in [-0.39, 0.29) is 25.0 Å². The molecule has 1 aromatic carbocycles. The van der Waals surface area contributed by atoms with Gasteiger partial charge in [0, 0.05) is 6.92 Å². The lowest BCUT2D eigenvalue weighted by molar-refractivity contribution is -0.147. The minimum Gasteiger partial charge on any atom is -0.455 e. The first kappa shape index (κ1) is 10.4. The summed E-state index contributed by atoms with van der Waals surface area (Å²) in [6, 6.07) is 5.51. The third kappa shape index (κ3) is 2.06. The Kier molecular flexibility index (Phi) is 2.40. The molecule has 3 rings (SSSR count). The van der Waals surface area contributed by atoms with Crippen LogP contribution in [0.3, 0.4) is 0 Å². The van der Waals surface area contributed by atoms with Crippen molar-refractivity contribution in [3.63, 3.8) is 0 Å². The number of esters is 1. The second-order valence-electron chi connectivity index (χ2n) is 4.01. The van der Waals surface area contributed by atoms with E-state index in [0.717, 1.165) is 5.56 Å². The predicted molar refractivity (Wildman–Crippen MR) is 56.8 cm³/mol. The molecule has 2 aliphatic heterocycles. The molecule has 0 spiro atoms. The molecule has 2 aliphatic rings. The zero-order chi connectivity index (χ0) is 11.8. The Labute approximate surface area is 98.2 Å². The normalized spacial score (nSPS) is 22.1. The molecule has 1 fully saturated rings. The summed E-state index contributed by atoms with van der Waals surface area (Å²) in [6.07, 6.45) is -0.402. The van der Waals surface area contributed by atoms with Crippen molar-refractivity contribution in [2.45, 2.75) is 19.1 Å². The van der Waals surface area contributed by atoms with E-state index in [1.165, 1.54) is 6.92 Å². The van der Waals surface area contributed by atoms with Gasteiger partial charge in [0.1, 0.15) is 6.10 Å². The molecule has 0 aromatic heterocycles. The molecular formula is C12H12O5. The number of benzene rings is 1. The highest BCUT2D eigenvalue weighted by Gasteiger charge is 2.37. The van der Waals surface area contributed by atoms with Crippen LogP contribution in [0, 0.1) is 0 Å². The van der Waals surface area contributed by atoms with Crippen LogP contribution in [-0.4, -0.2) is 25.5 Å². The van der Waals surface area contributed by atoms with Crippen molar-refractivity contribution in [1.82, 2.24) is 0 Å². The molecule has 5 nitrogen and oxygen atoms in total. The van der Waals surface area contributed by atoms with Crippen LogP contribution in [0.2, 0.25) is 0 Å². The van der Waals surface area contributed by atoms with Gasteiger partial charge in [-0.05, 0) is 17.7 Å². The van der Waals surface area contributed by atoms with Crippen molar-refractivity contribution in [3.05, 3.63) is 23.8 Å². The van der Waals surface area contributed by atoms with Crippen molar-refractivity contribution in [2.75, 3.05) is 13.4 Å². The van der Waals surface area contributed by atoms with Crippen LogP contribution in [-0.2, 0) is 14.3 Å². The zero-order valence-corrected chi connectivity index (χ0v) is 9.34. The van der Waals surface area contributed by atoms with Gasteiger partial charge >= 0.3 is 5.97 Å². The highest BCUT2D eigenvalue weighted by Crippen LogP contribution is 2.38. The third-order valence-corrected chi connectivity index (χ3v) is 2.71. The lowest BCUT2D eigenvalue weighted by Gasteiger charge is -2.15. The molecule has 2 atom stereocenters. The Balaban J connectivity index is 1.87. The van der Waals surface area contributed by atoms with Gasteiger partial charge < -0.3 is 18.9 Å². The summed E-state index contributed by atoms with van der Waals surface area (Å²) < 4.78 is 21.0. The van der Waals surface area contributed by atoms with E-state index < -0.39 is 0 Å². The number of hydrogen-bond donors (Lipinski definition) is 0. The largest absolute Gasteiger partial charge is 0.455 e. The van der Waals surface area contributed by atoms with Crippen LogP contribution in [0.4, 0.5) is 0 Å². The SMILES string of the molecule is CC(=O)O[C@H](c1ccc2c(c1)OCO2)[C@H]1CO1. The van der Waals surface area contributed by atoms with Gasteiger partial charge in [-0.25, -0.2) is 0 Å². The molecule has 2 heterocycles. The standard InChI is InChI=1S/C12H12O5/c1-7(13)17-12(11-5-14-11)8-2-3-9-10(4-8)16-6-15-9/h2-4,11-12H,5-6H2,1H3/t11-,12-/m1/s1. The first-order chi connectivity index (χ1) is 8.24. The van der Waals surface area contributed by atoms with Crippen LogP contribution >= 0.6 is 0 Å². The first-order valence-electron chi connectivity index (χ1n) is 5.42. The zero-order valence-electron chi connectivity index (χ0n) is 9.34. The summed E-state index contributed by atoms with van der Waals surface area (Å²) in [4.78, 5) is 11.1. The molecule has 5 heteroatoms. The Bertz CT molecular complexity index is 452. The van der Waals surface area contributed by atoms with Gasteiger partial charge in [-0.2, -0.15) is 0 Å². The number of rotatable bonds is 3. The summed E-state index contributed by atoms with van der Waals surface area (Å²) in [5, 5.41) is 0. The molecule has 1 aromatic rings. The average Bonchev–Trinajstić information content (AvgIpc) is 3.03. The molecule has 0 amide bonds. The molecule has 0 aliphatic carbocycles. The molecule has 0 saturated carbocycles. The Morgan fingerprint density at radius 3 is 2.88 bits per heavy atom. The van der Waals surface area contributed by atoms with Gasteiger partial charge in [0.2, 0.25) is 6.79 Å². The molecule has 1 saturated heterocycles. The van der Waals surface area contributed by atoms with E-state index in [1.54, 1.807) is 0 Å². The number of epoxide rings is 1. The Morgan fingerprint density at radius 1 is 1.41 bits per heavy atom. The fraction of sp³-hybridized carbons (Fsp3) is 0.417. The van der Waals surface area contributed by atoms with Crippen molar-refractivity contribution in [2.24, 2.45) is 0 Å². The summed E-state index contributed by atoms with van der Waals surface area (Å²) in [7, 11) is 0. The molecular weight excluding hydrogens is 224 g/mol. The van der Waals surface area contributed by atoms with Crippen LogP contribution in [0.1, 0.15) is 18.6 Å². The molecule has 0 unspecified atom stereocenters. The number of fused-ring (bicyclic) bond motifs is 1. The van der Waals surface area contributed by atoms with E-state index in [9.17, 15) is 4.79 Å². The summed E-state index contributed by atoms with van der Waals surface area (Å²) in [5.41, 5.74) is 0.868. The fourth-order valence-corrected chi connectivity index (χ4v) is 1.86. The smallest absolute Gasteiger partial charge is 0.303 e. The number of ether oxygens (including phenoxy) is 4. The molecule has 0 bridgehead atoms. The maximum Gasteiger partial charge on any atom is 0.303 e. The lowest BCUT2D eigenvalue weighted by atomic mass is 10.1. The lowest BCUT2D eigenvalue weighted by Crippen LogP contribution is -2.14. The molecule has 17 heavy (non-hydrogen) atoms. The van der Waals surface area contributed by atoms with Gasteiger partial charge in [-0.15, -0.1) is 0 Å². The summed E-state index contributed by atoms with van der Waals surface area (Å²) in [6.45, 7) is 2.24. The van der Waals surface area contributed by atoms with E-state index in [1.807, 2.05) is 18.2 Å². The average molecular weight is 236 g/mol. The monoisotopic (exact) mass is 236 g/mol. The van der Waals surface area contributed by atoms with Gasteiger partial charge in [-0.3, -0.25) is 4.79 Å². The molecule has 0 N–H and O–H groups in total. The van der Waals surface area contributed by atoms with Crippen molar-refractivity contribution < 1.29 is 23.7 Å². The summed E-state index contributed by atoms with van der Waals surface area (Å²) in [5.74, 6) is 1.08. The second-order valence-corrected chi connectivity index (χ2v) is 4.01. The quantitative estimate of drug-likeness (QED) is 0.586. The maximum atomic E-state index is 11.1. The van der Waals surface area contributed by atoms with Gasteiger partial charge in [0.25, 0.3) is 0 Å². The third-order valence-electron chi connectivity index (χ3n) is 2.71. The van der Waals surface area contributed by atoms with Crippen LogP contribution in [0.15, 0.2) is 18.2 Å².